The van der Waals surface area contributed by atoms with Crippen molar-refractivity contribution >= 4 is 21.4 Å². The van der Waals surface area contributed by atoms with Crippen LogP contribution in [0.25, 0.3) is 10.1 Å². The van der Waals surface area contributed by atoms with Crippen LogP contribution in [-0.2, 0) is 10.3 Å². The van der Waals surface area contributed by atoms with E-state index in [2.05, 4.69) is 29.6 Å². The van der Waals surface area contributed by atoms with Gasteiger partial charge < -0.3 is 10.5 Å². The van der Waals surface area contributed by atoms with Gasteiger partial charge in [-0.1, -0.05) is 18.2 Å². The van der Waals surface area contributed by atoms with Gasteiger partial charge in [-0.15, -0.1) is 11.3 Å². The lowest BCUT2D eigenvalue weighted by Gasteiger charge is -2.34. The molecule has 1 aromatic carbocycles. The standard InChI is InChI=1S/C13H15NOS/c14-13(5-7-15-8-6-13)11-3-1-2-10-4-9-16-12(10)11/h1-4,9H,5-8,14H2. The largest absolute Gasteiger partial charge is 0.381 e. The van der Waals surface area contributed by atoms with E-state index in [1.807, 2.05) is 0 Å². The summed E-state index contributed by atoms with van der Waals surface area (Å²) in [5.74, 6) is 0. The van der Waals surface area contributed by atoms with E-state index in [0.29, 0.717) is 0 Å². The first-order valence-corrected chi connectivity index (χ1v) is 6.51. The smallest absolute Gasteiger partial charge is 0.0486 e. The third-order valence-corrected chi connectivity index (χ3v) is 4.36. The fourth-order valence-electron chi connectivity index (χ4n) is 2.39. The Labute approximate surface area is 99.0 Å². The number of thiophene rings is 1. The Morgan fingerprint density at radius 2 is 2.00 bits per heavy atom. The summed E-state index contributed by atoms with van der Waals surface area (Å²) in [6.07, 6.45) is 1.84. The Bertz CT molecular complexity index is 499. The maximum atomic E-state index is 6.53. The minimum atomic E-state index is -0.192. The minimum absolute atomic E-state index is 0.192. The average Bonchev–Trinajstić information content (AvgIpc) is 2.77. The Balaban J connectivity index is 2.13. The Morgan fingerprint density at radius 1 is 1.19 bits per heavy atom. The third-order valence-electron chi connectivity index (χ3n) is 3.40. The van der Waals surface area contributed by atoms with Crippen LogP contribution in [0.3, 0.4) is 0 Å². The van der Waals surface area contributed by atoms with E-state index < -0.39 is 0 Å². The molecule has 3 heteroatoms. The number of ether oxygens (including phenoxy) is 1. The average molecular weight is 233 g/mol. The highest BCUT2D eigenvalue weighted by atomic mass is 32.1. The molecule has 0 radical (unpaired) electrons. The zero-order valence-electron chi connectivity index (χ0n) is 9.11. The third kappa shape index (κ3) is 1.56. The second-order valence-electron chi connectivity index (χ2n) is 4.41. The molecule has 16 heavy (non-hydrogen) atoms. The van der Waals surface area contributed by atoms with Crippen molar-refractivity contribution in [2.45, 2.75) is 18.4 Å². The van der Waals surface area contributed by atoms with E-state index in [-0.39, 0.29) is 5.54 Å². The van der Waals surface area contributed by atoms with Crippen LogP contribution in [0.5, 0.6) is 0 Å². The molecule has 0 saturated carbocycles. The van der Waals surface area contributed by atoms with Crippen molar-refractivity contribution in [1.82, 2.24) is 0 Å². The lowest BCUT2D eigenvalue weighted by atomic mass is 9.83. The van der Waals surface area contributed by atoms with Gasteiger partial charge in [-0.05, 0) is 35.2 Å². The van der Waals surface area contributed by atoms with Crippen molar-refractivity contribution in [2.75, 3.05) is 13.2 Å². The summed E-state index contributed by atoms with van der Waals surface area (Å²) in [5.41, 5.74) is 7.64. The zero-order chi connectivity index (χ0) is 11.0. The number of fused-ring (bicyclic) bond motifs is 1. The maximum absolute atomic E-state index is 6.53. The summed E-state index contributed by atoms with van der Waals surface area (Å²) in [4.78, 5) is 0. The van der Waals surface area contributed by atoms with E-state index in [0.717, 1.165) is 26.1 Å². The monoisotopic (exact) mass is 233 g/mol. The van der Waals surface area contributed by atoms with Crippen LogP contribution in [0.2, 0.25) is 0 Å². The summed E-state index contributed by atoms with van der Waals surface area (Å²) < 4.78 is 6.74. The summed E-state index contributed by atoms with van der Waals surface area (Å²) in [6, 6.07) is 8.59. The van der Waals surface area contributed by atoms with Crippen molar-refractivity contribution in [2.24, 2.45) is 5.73 Å². The van der Waals surface area contributed by atoms with Crippen LogP contribution in [0.1, 0.15) is 18.4 Å². The Hall–Kier alpha value is -0.900. The zero-order valence-corrected chi connectivity index (χ0v) is 9.93. The van der Waals surface area contributed by atoms with Gasteiger partial charge in [-0.25, -0.2) is 0 Å². The van der Waals surface area contributed by atoms with Crippen LogP contribution in [0.4, 0.5) is 0 Å². The van der Waals surface area contributed by atoms with Gasteiger partial charge in [0.25, 0.3) is 0 Å². The fourth-order valence-corrected chi connectivity index (χ4v) is 3.41. The Morgan fingerprint density at radius 3 is 2.81 bits per heavy atom. The molecule has 2 aromatic rings. The highest BCUT2D eigenvalue weighted by molar-refractivity contribution is 7.17. The molecule has 0 amide bonds. The molecular weight excluding hydrogens is 218 g/mol. The molecule has 0 unspecified atom stereocenters. The highest BCUT2D eigenvalue weighted by Gasteiger charge is 2.31. The van der Waals surface area contributed by atoms with Crippen LogP contribution in [0.15, 0.2) is 29.6 Å². The van der Waals surface area contributed by atoms with Gasteiger partial charge in [0, 0.05) is 23.5 Å². The molecule has 2 nitrogen and oxygen atoms in total. The SMILES string of the molecule is NC1(c2cccc3ccsc23)CCOCC1. The van der Waals surface area contributed by atoms with Crippen LogP contribution < -0.4 is 5.73 Å². The lowest BCUT2D eigenvalue weighted by Crippen LogP contribution is -2.42. The Kier molecular flexibility index (Phi) is 2.46. The van der Waals surface area contributed by atoms with Gasteiger partial charge in [0.1, 0.15) is 0 Å². The van der Waals surface area contributed by atoms with Gasteiger partial charge in [0.2, 0.25) is 0 Å². The van der Waals surface area contributed by atoms with Crippen molar-refractivity contribution in [3.63, 3.8) is 0 Å². The first-order valence-electron chi connectivity index (χ1n) is 5.63. The molecule has 1 aliphatic rings. The molecule has 84 valence electrons. The first kappa shape index (κ1) is 10.3. The molecule has 1 aromatic heterocycles. The first-order chi connectivity index (χ1) is 7.80. The number of benzene rings is 1. The van der Waals surface area contributed by atoms with Gasteiger partial charge in [-0.3, -0.25) is 0 Å². The van der Waals surface area contributed by atoms with E-state index in [1.54, 1.807) is 11.3 Å². The normalized spacial score (nSPS) is 20.1. The van der Waals surface area contributed by atoms with Crippen LogP contribution >= 0.6 is 11.3 Å². The van der Waals surface area contributed by atoms with E-state index >= 15 is 0 Å². The van der Waals surface area contributed by atoms with Gasteiger partial charge in [-0.2, -0.15) is 0 Å². The van der Waals surface area contributed by atoms with Gasteiger partial charge in [0.15, 0.2) is 0 Å². The highest BCUT2D eigenvalue weighted by Crippen LogP contribution is 2.36. The van der Waals surface area contributed by atoms with E-state index in [4.69, 9.17) is 10.5 Å². The minimum Gasteiger partial charge on any atom is -0.381 e. The predicted molar refractivity (Wildman–Crippen MR) is 67.7 cm³/mol. The fraction of sp³-hybridized carbons (Fsp3) is 0.385. The van der Waals surface area contributed by atoms with Crippen molar-refractivity contribution in [3.8, 4) is 0 Å². The molecular formula is C13H15NOS. The molecule has 1 fully saturated rings. The van der Waals surface area contributed by atoms with E-state index in [1.165, 1.54) is 15.6 Å². The number of hydrogen-bond donors (Lipinski definition) is 1. The van der Waals surface area contributed by atoms with Crippen LogP contribution in [0, 0.1) is 0 Å². The number of hydrogen-bond acceptors (Lipinski definition) is 3. The van der Waals surface area contributed by atoms with E-state index in [9.17, 15) is 0 Å². The second kappa shape index (κ2) is 3.84. The molecule has 0 atom stereocenters. The van der Waals surface area contributed by atoms with Crippen molar-refractivity contribution in [1.29, 1.82) is 0 Å². The molecule has 2 heterocycles. The van der Waals surface area contributed by atoms with Crippen molar-refractivity contribution < 1.29 is 4.74 Å². The molecule has 2 N–H and O–H groups in total. The van der Waals surface area contributed by atoms with Crippen molar-refractivity contribution in [3.05, 3.63) is 35.2 Å². The molecule has 3 rings (SSSR count). The molecule has 0 bridgehead atoms. The number of nitrogens with two attached hydrogens (primary N) is 1. The topological polar surface area (TPSA) is 35.2 Å². The van der Waals surface area contributed by atoms with Gasteiger partial charge >= 0.3 is 0 Å². The summed E-state index contributed by atoms with van der Waals surface area (Å²) in [7, 11) is 0. The second-order valence-corrected chi connectivity index (χ2v) is 5.33. The maximum Gasteiger partial charge on any atom is 0.0486 e. The molecule has 0 spiro atoms. The molecule has 1 saturated heterocycles. The lowest BCUT2D eigenvalue weighted by molar-refractivity contribution is 0.0528. The molecule has 1 aliphatic heterocycles. The van der Waals surface area contributed by atoms with Gasteiger partial charge in [0.05, 0.1) is 0 Å². The predicted octanol–water partition coefficient (Wildman–Crippen LogP) is 2.87. The molecule has 0 aliphatic carbocycles. The summed E-state index contributed by atoms with van der Waals surface area (Å²) >= 11 is 1.79. The summed E-state index contributed by atoms with van der Waals surface area (Å²) in [6.45, 7) is 1.55. The quantitative estimate of drug-likeness (QED) is 0.822. The number of rotatable bonds is 1. The van der Waals surface area contributed by atoms with Crippen LogP contribution in [-0.4, -0.2) is 13.2 Å². The summed E-state index contributed by atoms with van der Waals surface area (Å²) in [5, 5.41) is 3.44.